The minimum absolute atomic E-state index is 0.0158. The molecule has 35 heavy (non-hydrogen) atoms. The molecule has 8 nitrogen and oxygen atoms in total. The number of hydrogen-bond acceptors (Lipinski definition) is 5. The van der Waals surface area contributed by atoms with Gasteiger partial charge in [-0.05, 0) is 62.2 Å². The van der Waals surface area contributed by atoms with Crippen LogP contribution >= 0.6 is 0 Å². The van der Waals surface area contributed by atoms with Gasteiger partial charge in [-0.3, -0.25) is 19.3 Å². The third-order valence-electron chi connectivity index (χ3n) is 5.99. The largest absolute Gasteiger partial charge is 0.464 e. The molecule has 1 aliphatic carbocycles. The molecule has 3 amide bonds. The van der Waals surface area contributed by atoms with Gasteiger partial charge in [0, 0.05) is 11.7 Å². The van der Waals surface area contributed by atoms with Crippen LogP contribution in [0, 0.1) is 12.7 Å². The van der Waals surface area contributed by atoms with E-state index in [-0.39, 0.29) is 23.2 Å². The molecule has 4 rings (SSSR count). The molecule has 0 bridgehead atoms. The first-order valence-electron chi connectivity index (χ1n) is 11.7. The number of anilines is 1. The first kappa shape index (κ1) is 24.3. The number of nitrogens with zero attached hydrogens (tertiary/aromatic N) is 1. The number of nitrogens with one attached hydrogen (secondary N) is 2. The Balaban J connectivity index is 1.65. The highest BCUT2D eigenvalue weighted by Gasteiger charge is 2.36. The van der Waals surface area contributed by atoms with E-state index in [0.29, 0.717) is 5.76 Å². The molecule has 0 radical (unpaired) electrons. The fourth-order valence-corrected chi connectivity index (χ4v) is 4.30. The lowest BCUT2D eigenvalue weighted by atomic mass is 9.95. The molecule has 9 heteroatoms. The van der Waals surface area contributed by atoms with Crippen molar-refractivity contribution in [1.82, 2.24) is 10.6 Å². The molecule has 0 unspecified atom stereocenters. The zero-order valence-corrected chi connectivity index (χ0v) is 19.5. The molecule has 2 heterocycles. The third-order valence-corrected chi connectivity index (χ3v) is 5.99. The number of carbonyl (C=O) groups is 3. The molecule has 0 saturated heterocycles. The number of rotatable bonds is 8. The van der Waals surface area contributed by atoms with Gasteiger partial charge in [0.15, 0.2) is 11.8 Å². The highest BCUT2D eigenvalue weighted by Crippen LogP contribution is 2.30. The van der Waals surface area contributed by atoms with Gasteiger partial charge in [0.1, 0.15) is 17.3 Å². The molecule has 2 N–H and O–H groups in total. The molecule has 1 aliphatic rings. The summed E-state index contributed by atoms with van der Waals surface area (Å²) in [6.07, 6.45) is 6.20. The van der Waals surface area contributed by atoms with Crippen LogP contribution in [-0.4, -0.2) is 30.3 Å². The molecule has 184 valence electrons. The number of hydrogen-bond donors (Lipinski definition) is 2. The Morgan fingerprint density at radius 1 is 1.09 bits per heavy atom. The minimum atomic E-state index is -1.19. The highest BCUT2D eigenvalue weighted by atomic mass is 19.1. The Morgan fingerprint density at radius 3 is 2.54 bits per heavy atom. The summed E-state index contributed by atoms with van der Waals surface area (Å²) < 4.78 is 25.0. The average molecular weight is 482 g/mol. The molecule has 1 atom stereocenters. The van der Waals surface area contributed by atoms with Crippen LogP contribution in [0.5, 0.6) is 0 Å². The van der Waals surface area contributed by atoms with Crippen LogP contribution in [0.25, 0.3) is 0 Å². The maximum Gasteiger partial charge on any atom is 0.287 e. The molecule has 0 spiro atoms. The van der Waals surface area contributed by atoms with E-state index in [4.69, 9.17) is 8.83 Å². The summed E-state index contributed by atoms with van der Waals surface area (Å²) in [6, 6.07) is 10.5. The topological polar surface area (TPSA) is 105 Å². The van der Waals surface area contributed by atoms with Crippen molar-refractivity contribution < 1.29 is 27.6 Å². The predicted molar refractivity (Wildman–Crippen MR) is 126 cm³/mol. The van der Waals surface area contributed by atoms with Crippen LogP contribution in [0.3, 0.4) is 0 Å². The lowest BCUT2D eigenvalue weighted by Gasteiger charge is -2.32. The molecule has 3 aromatic rings. The summed E-state index contributed by atoms with van der Waals surface area (Å²) in [4.78, 5) is 40.6. The Hall–Kier alpha value is -3.88. The second-order valence-electron chi connectivity index (χ2n) is 8.60. The minimum Gasteiger partial charge on any atom is -0.464 e. The summed E-state index contributed by atoms with van der Waals surface area (Å²) in [6.45, 7) is 1.29. The van der Waals surface area contributed by atoms with E-state index in [1.54, 1.807) is 25.1 Å². The van der Waals surface area contributed by atoms with Gasteiger partial charge in [-0.25, -0.2) is 4.39 Å². The quantitative estimate of drug-likeness (QED) is 0.500. The fraction of sp³-hybridized carbons (Fsp3) is 0.346. The van der Waals surface area contributed by atoms with Gasteiger partial charge in [-0.1, -0.05) is 25.3 Å². The molecular weight excluding hydrogens is 453 g/mol. The number of carbonyl (C=O) groups excluding carboxylic acids is 3. The van der Waals surface area contributed by atoms with E-state index in [9.17, 15) is 18.8 Å². The first-order chi connectivity index (χ1) is 16.9. The maximum absolute atomic E-state index is 14.2. The molecule has 1 fully saturated rings. The second kappa shape index (κ2) is 11.0. The van der Waals surface area contributed by atoms with Crippen molar-refractivity contribution in [2.75, 3.05) is 11.4 Å². The Morgan fingerprint density at radius 2 is 1.89 bits per heavy atom. The van der Waals surface area contributed by atoms with Crippen molar-refractivity contribution >= 4 is 23.4 Å². The van der Waals surface area contributed by atoms with Crippen molar-refractivity contribution in [2.45, 2.75) is 51.1 Å². The van der Waals surface area contributed by atoms with E-state index in [1.807, 2.05) is 0 Å². The Kier molecular flexibility index (Phi) is 7.64. The van der Waals surface area contributed by atoms with Gasteiger partial charge < -0.3 is 19.5 Å². The zero-order chi connectivity index (χ0) is 24.8. The molecular formula is C26H28FN3O5. The molecule has 1 aromatic carbocycles. The van der Waals surface area contributed by atoms with Gasteiger partial charge in [0.25, 0.3) is 11.8 Å². The number of furan rings is 2. The highest BCUT2D eigenvalue weighted by molar-refractivity contribution is 6.04. The van der Waals surface area contributed by atoms with Gasteiger partial charge in [0.05, 0.1) is 12.8 Å². The van der Waals surface area contributed by atoms with Crippen LogP contribution in [0.4, 0.5) is 10.1 Å². The van der Waals surface area contributed by atoms with Crippen LogP contribution in [-0.2, 0) is 9.59 Å². The van der Waals surface area contributed by atoms with Crippen LogP contribution < -0.4 is 15.5 Å². The van der Waals surface area contributed by atoms with E-state index < -0.39 is 36.1 Å². The van der Waals surface area contributed by atoms with E-state index >= 15 is 0 Å². The van der Waals surface area contributed by atoms with Crippen molar-refractivity contribution in [3.63, 3.8) is 0 Å². The van der Waals surface area contributed by atoms with Crippen molar-refractivity contribution in [3.05, 3.63) is 77.9 Å². The van der Waals surface area contributed by atoms with Crippen LogP contribution in [0.2, 0.25) is 0 Å². The molecule has 0 aliphatic heterocycles. The van der Waals surface area contributed by atoms with Gasteiger partial charge in [0.2, 0.25) is 5.91 Å². The standard InChI is InChI=1S/C26H28FN3O5/c1-17-12-13-21(35-17)24(26(33)29-19-8-3-2-4-9-19)30(20-10-5-7-18(27)15-20)23(31)16-28-25(32)22-11-6-14-34-22/h5-7,10-15,19,24H,2-4,8-9,16H2,1H3,(H,28,32)(H,29,33)/t24-/m0/s1. The average Bonchev–Trinajstić information content (AvgIpc) is 3.53. The van der Waals surface area contributed by atoms with Crippen LogP contribution in [0.1, 0.15) is 60.2 Å². The molecule has 2 aromatic heterocycles. The summed E-state index contributed by atoms with van der Waals surface area (Å²) >= 11 is 0. The van der Waals surface area contributed by atoms with Gasteiger partial charge >= 0.3 is 0 Å². The summed E-state index contributed by atoms with van der Waals surface area (Å²) in [5.41, 5.74) is 0.167. The Bertz CT molecular complexity index is 1170. The third kappa shape index (κ3) is 5.98. The lowest BCUT2D eigenvalue weighted by molar-refractivity contribution is -0.127. The van der Waals surface area contributed by atoms with E-state index in [1.165, 1.54) is 41.5 Å². The Labute approximate surface area is 202 Å². The number of halogens is 1. The first-order valence-corrected chi connectivity index (χ1v) is 11.7. The van der Waals surface area contributed by atoms with E-state index in [0.717, 1.165) is 32.1 Å². The van der Waals surface area contributed by atoms with Gasteiger partial charge in [-0.15, -0.1) is 0 Å². The van der Waals surface area contributed by atoms with Gasteiger partial charge in [-0.2, -0.15) is 0 Å². The summed E-state index contributed by atoms with van der Waals surface area (Å²) in [7, 11) is 0. The SMILES string of the molecule is Cc1ccc([C@@H](C(=O)NC2CCCCC2)N(C(=O)CNC(=O)c2ccco2)c2cccc(F)c2)o1. The second-order valence-corrected chi connectivity index (χ2v) is 8.60. The van der Waals surface area contributed by atoms with Crippen LogP contribution in [0.15, 0.2) is 63.6 Å². The smallest absolute Gasteiger partial charge is 0.287 e. The molecule has 1 saturated carbocycles. The number of benzene rings is 1. The fourth-order valence-electron chi connectivity index (χ4n) is 4.30. The lowest BCUT2D eigenvalue weighted by Crippen LogP contribution is -2.49. The van der Waals surface area contributed by atoms with Crippen molar-refractivity contribution in [3.8, 4) is 0 Å². The maximum atomic E-state index is 14.2. The monoisotopic (exact) mass is 481 g/mol. The summed E-state index contributed by atoms with van der Waals surface area (Å²) in [5.74, 6) is -1.35. The van der Waals surface area contributed by atoms with E-state index in [2.05, 4.69) is 10.6 Å². The number of aryl methyl sites for hydroxylation is 1. The normalized spacial score (nSPS) is 14.8. The predicted octanol–water partition coefficient (Wildman–Crippen LogP) is 4.27. The summed E-state index contributed by atoms with van der Waals surface area (Å²) in [5, 5.41) is 5.55. The van der Waals surface area contributed by atoms with Crippen molar-refractivity contribution in [1.29, 1.82) is 0 Å². The number of amides is 3. The van der Waals surface area contributed by atoms with Crippen molar-refractivity contribution in [2.24, 2.45) is 0 Å². The zero-order valence-electron chi connectivity index (χ0n) is 19.5.